The smallest absolute Gasteiger partial charge is 0.185 e. The van der Waals surface area contributed by atoms with E-state index < -0.39 is 0 Å². The van der Waals surface area contributed by atoms with E-state index in [0.717, 1.165) is 11.0 Å². The molecule has 1 aromatic carbocycles. The molecule has 0 atom stereocenters. The average molecular weight is 198 g/mol. The standard InChI is InChI=1S/C13H12NO/c1-9-12-8-13-11(4-6-15-13)7-10(12)3-5-14(9)2/h3-8H,1-2H3/q+1. The molecule has 0 unspecified atom stereocenters. The van der Waals surface area contributed by atoms with Gasteiger partial charge in [-0.15, -0.1) is 0 Å². The van der Waals surface area contributed by atoms with E-state index in [2.05, 4.69) is 42.9 Å². The Balaban J connectivity index is 2.54. The van der Waals surface area contributed by atoms with Gasteiger partial charge < -0.3 is 4.42 Å². The first-order chi connectivity index (χ1) is 7.25. The van der Waals surface area contributed by atoms with Crippen LogP contribution in [0.5, 0.6) is 0 Å². The van der Waals surface area contributed by atoms with Crippen LogP contribution in [0.2, 0.25) is 0 Å². The molecule has 0 aliphatic heterocycles. The zero-order chi connectivity index (χ0) is 10.4. The number of rotatable bonds is 0. The molecule has 15 heavy (non-hydrogen) atoms. The summed E-state index contributed by atoms with van der Waals surface area (Å²) in [7, 11) is 2.06. The Morgan fingerprint density at radius 2 is 2.00 bits per heavy atom. The van der Waals surface area contributed by atoms with Crippen LogP contribution in [0.3, 0.4) is 0 Å². The van der Waals surface area contributed by atoms with E-state index in [9.17, 15) is 0 Å². The Morgan fingerprint density at radius 3 is 2.87 bits per heavy atom. The lowest BCUT2D eigenvalue weighted by atomic mass is 10.1. The minimum Gasteiger partial charge on any atom is -0.464 e. The number of hydrogen-bond acceptors (Lipinski definition) is 1. The highest BCUT2D eigenvalue weighted by atomic mass is 16.3. The first-order valence-corrected chi connectivity index (χ1v) is 5.02. The molecule has 0 fully saturated rings. The Bertz CT molecular complexity index is 652. The quantitative estimate of drug-likeness (QED) is 0.507. The van der Waals surface area contributed by atoms with Crippen molar-refractivity contribution in [2.24, 2.45) is 7.05 Å². The van der Waals surface area contributed by atoms with E-state index in [1.54, 1.807) is 6.26 Å². The van der Waals surface area contributed by atoms with E-state index in [4.69, 9.17) is 4.42 Å². The van der Waals surface area contributed by atoms with E-state index in [1.165, 1.54) is 16.5 Å². The molecule has 3 aromatic rings. The summed E-state index contributed by atoms with van der Waals surface area (Å²) in [5, 5.41) is 3.68. The van der Waals surface area contributed by atoms with Crippen LogP contribution in [0.4, 0.5) is 0 Å². The van der Waals surface area contributed by atoms with Crippen LogP contribution in [-0.2, 0) is 7.05 Å². The fourth-order valence-corrected chi connectivity index (χ4v) is 1.97. The van der Waals surface area contributed by atoms with E-state index in [0.29, 0.717) is 0 Å². The highest BCUT2D eigenvalue weighted by Crippen LogP contribution is 2.24. The molecule has 0 saturated heterocycles. The van der Waals surface area contributed by atoms with Crippen molar-refractivity contribution in [2.45, 2.75) is 6.92 Å². The summed E-state index contributed by atoms with van der Waals surface area (Å²) in [5.74, 6) is 0. The number of aryl methyl sites for hydroxylation is 2. The molecular weight excluding hydrogens is 186 g/mol. The highest BCUT2D eigenvalue weighted by Gasteiger charge is 2.08. The van der Waals surface area contributed by atoms with Crippen molar-refractivity contribution in [3.63, 3.8) is 0 Å². The largest absolute Gasteiger partial charge is 0.464 e. The molecule has 2 heterocycles. The molecule has 0 saturated carbocycles. The van der Waals surface area contributed by atoms with Gasteiger partial charge in [-0.2, -0.15) is 0 Å². The summed E-state index contributed by atoms with van der Waals surface area (Å²) in [6.07, 6.45) is 3.82. The Labute approximate surface area is 87.7 Å². The van der Waals surface area contributed by atoms with Crippen LogP contribution < -0.4 is 4.57 Å². The lowest BCUT2D eigenvalue weighted by Gasteiger charge is -2.00. The zero-order valence-corrected chi connectivity index (χ0v) is 8.82. The summed E-state index contributed by atoms with van der Waals surface area (Å²) >= 11 is 0. The molecule has 0 aliphatic rings. The molecular formula is C13H12NO+. The van der Waals surface area contributed by atoms with Crippen LogP contribution in [-0.4, -0.2) is 0 Å². The van der Waals surface area contributed by atoms with Crippen molar-refractivity contribution < 1.29 is 8.98 Å². The fourth-order valence-electron chi connectivity index (χ4n) is 1.97. The minimum absolute atomic E-state index is 0.955. The zero-order valence-electron chi connectivity index (χ0n) is 8.82. The third-order valence-corrected chi connectivity index (χ3v) is 3.02. The average Bonchev–Trinajstić information content (AvgIpc) is 2.68. The molecule has 74 valence electrons. The predicted molar refractivity (Wildman–Crippen MR) is 59.6 cm³/mol. The van der Waals surface area contributed by atoms with E-state index in [1.807, 2.05) is 6.07 Å². The molecule has 3 rings (SSSR count). The molecule has 0 radical (unpaired) electrons. The van der Waals surface area contributed by atoms with Gasteiger partial charge in [-0.1, -0.05) is 0 Å². The second kappa shape index (κ2) is 2.83. The van der Waals surface area contributed by atoms with Crippen molar-refractivity contribution in [1.82, 2.24) is 0 Å². The predicted octanol–water partition coefficient (Wildman–Crippen LogP) is 2.72. The minimum atomic E-state index is 0.955. The highest BCUT2D eigenvalue weighted by molar-refractivity contribution is 5.96. The van der Waals surface area contributed by atoms with Crippen LogP contribution in [0.25, 0.3) is 21.7 Å². The summed E-state index contributed by atoms with van der Waals surface area (Å²) in [5.41, 5.74) is 2.21. The summed E-state index contributed by atoms with van der Waals surface area (Å²) < 4.78 is 7.53. The Hall–Kier alpha value is -1.83. The van der Waals surface area contributed by atoms with Gasteiger partial charge in [0.2, 0.25) is 0 Å². The maximum absolute atomic E-state index is 5.41. The van der Waals surface area contributed by atoms with Gasteiger partial charge in [-0.3, -0.25) is 0 Å². The number of pyridine rings is 1. The van der Waals surface area contributed by atoms with Crippen molar-refractivity contribution in [3.8, 4) is 0 Å². The molecule has 0 spiro atoms. The van der Waals surface area contributed by atoms with E-state index in [-0.39, 0.29) is 0 Å². The van der Waals surface area contributed by atoms with Crippen molar-refractivity contribution in [3.05, 3.63) is 42.4 Å². The van der Waals surface area contributed by atoms with Crippen molar-refractivity contribution >= 4 is 21.7 Å². The third-order valence-electron chi connectivity index (χ3n) is 3.02. The normalized spacial score (nSPS) is 11.3. The molecule has 0 amide bonds. The van der Waals surface area contributed by atoms with Gasteiger partial charge in [0, 0.05) is 18.4 Å². The number of furan rings is 1. The van der Waals surface area contributed by atoms with Crippen molar-refractivity contribution in [2.75, 3.05) is 0 Å². The monoisotopic (exact) mass is 198 g/mol. The summed E-state index contributed by atoms with van der Waals surface area (Å²) in [4.78, 5) is 0. The van der Waals surface area contributed by atoms with Gasteiger partial charge in [0.15, 0.2) is 11.9 Å². The summed E-state index contributed by atoms with van der Waals surface area (Å²) in [6.45, 7) is 2.12. The molecule has 2 heteroatoms. The molecule has 0 N–H and O–H groups in total. The second-order valence-corrected chi connectivity index (χ2v) is 3.91. The maximum Gasteiger partial charge on any atom is 0.185 e. The third kappa shape index (κ3) is 1.14. The van der Waals surface area contributed by atoms with E-state index >= 15 is 0 Å². The van der Waals surface area contributed by atoms with Crippen LogP contribution >= 0.6 is 0 Å². The molecule has 2 aromatic heterocycles. The number of aromatic nitrogens is 1. The Kier molecular flexibility index (Phi) is 1.60. The van der Waals surface area contributed by atoms with Crippen LogP contribution in [0.1, 0.15) is 5.69 Å². The molecule has 0 aliphatic carbocycles. The second-order valence-electron chi connectivity index (χ2n) is 3.91. The number of fused-ring (bicyclic) bond motifs is 2. The molecule has 0 bridgehead atoms. The van der Waals surface area contributed by atoms with Gasteiger partial charge in [-0.25, -0.2) is 4.57 Å². The van der Waals surface area contributed by atoms with Gasteiger partial charge in [0.25, 0.3) is 0 Å². The van der Waals surface area contributed by atoms with Crippen LogP contribution in [0.15, 0.2) is 41.1 Å². The van der Waals surface area contributed by atoms with Crippen LogP contribution in [0, 0.1) is 6.92 Å². The summed E-state index contributed by atoms with van der Waals surface area (Å²) in [6, 6.07) is 8.41. The number of nitrogens with zero attached hydrogens (tertiary/aromatic N) is 1. The van der Waals surface area contributed by atoms with Gasteiger partial charge >= 0.3 is 0 Å². The topological polar surface area (TPSA) is 17.0 Å². The number of hydrogen-bond donors (Lipinski definition) is 0. The van der Waals surface area contributed by atoms with Gasteiger partial charge in [-0.05, 0) is 23.6 Å². The van der Waals surface area contributed by atoms with Gasteiger partial charge in [0.05, 0.1) is 11.6 Å². The lowest BCUT2D eigenvalue weighted by molar-refractivity contribution is -0.676. The van der Waals surface area contributed by atoms with Gasteiger partial charge in [0.1, 0.15) is 12.6 Å². The fraction of sp³-hybridized carbons (Fsp3) is 0.154. The SMILES string of the molecule is Cc1c2cc3occc3cc2cc[n+]1C. The van der Waals surface area contributed by atoms with Crippen molar-refractivity contribution in [1.29, 1.82) is 0 Å². The maximum atomic E-state index is 5.41. The molecule has 2 nitrogen and oxygen atoms in total. The lowest BCUT2D eigenvalue weighted by Crippen LogP contribution is -2.31. The Morgan fingerprint density at radius 1 is 1.13 bits per heavy atom. The first kappa shape index (κ1) is 8.48. The number of benzene rings is 1. The first-order valence-electron chi connectivity index (χ1n) is 5.02.